The molecule has 2 aromatic rings. The Morgan fingerprint density at radius 3 is 2.83 bits per heavy atom. The molecule has 12 heteroatoms. The molecule has 0 aromatic carbocycles. The molecule has 1 saturated heterocycles. The van der Waals surface area contributed by atoms with Gasteiger partial charge in [0.2, 0.25) is 15.9 Å². The van der Waals surface area contributed by atoms with Gasteiger partial charge in [0.1, 0.15) is 16.4 Å². The molecule has 0 radical (unpaired) electrons. The maximum absolute atomic E-state index is 13.0. The third-order valence-electron chi connectivity index (χ3n) is 5.12. The van der Waals surface area contributed by atoms with E-state index in [0.29, 0.717) is 49.4 Å². The summed E-state index contributed by atoms with van der Waals surface area (Å²) in [6.45, 7) is 6.79. The van der Waals surface area contributed by atoms with Gasteiger partial charge in [0.25, 0.3) is 0 Å². The molecule has 1 amide bonds. The van der Waals surface area contributed by atoms with Crippen molar-refractivity contribution in [1.82, 2.24) is 29.5 Å². The van der Waals surface area contributed by atoms with Crippen molar-refractivity contribution < 1.29 is 17.7 Å². The maximum Gasteiger partial charge on any atom is 0.248 e. The van der Waals surface area contributed by atoms with E-state index in [1.54, 1.807) is 13.8 Å². The van der Waals surface area contributed by atoms with Gasteiger partial charge in [-0.25, -0.2) is 8.42 Å². The lowest BCUT2D eigenvalue weighted by molar-refractivity contribution is -0.126. The predicted molar refractivity (Wildman–Crippen MR) is 107 cm³/mol. The number of rotatable bonds is 7. The monoisotopic (exact) mass is 442 g/mol. The Labute approximate surface area is 174 Å². The van der Waals surface area contributed by atoms with Crippen LogP contribution in [0.2, 0.25) is 0 Å². The normalized spacial score (nSPS) is 18.1. The van der Waals surface area contributed by atoms with Gasteiger partial charge in [-0.2, -0.15) is 9.40 Å². The summed E-state index contributed by atoms with van der Waals surface area (Å²) in [5.74, 6) is 0.495. The Hall–Kier alpha value is -2.05. The minimum atomic E-state index is -3.75. The highest BCUT2D eigenvalue weighted by molar-refractivity contribution is 7.89. The number of nitrogens with one attached hydrogen (secondary N) is 2. The second-order valence-electron chi connectivity index (χ2n) is 7.09. The lowest BCUT2D eigenvalue weighted by Gasteiger charge is -2.31. The van der Waals surface area contributed by atoms with Crippen molar-refractivity contribution in [3.63, 3.8) is 0 Å². The van der Waals surface area contributed by atoms with Crippen LogP contribution in [-0.4, -0.2) is 58.2 Å². The largest absolute Gasteiger partial charge is 0.360 e. The van der Waals surface area contributed by atoms with Gasteiger partial charge in [-0.3, -0.25) is 9.89 Å². The SMILES string of the molecule is CCn1c(CCNC(=O)C2CCCN(S(=O)(=O)c3c(C)noc3C)C2)n[nH]c1=S. The van der Waals surface area contributed by atoms with Crippen molar-refractivity contribution in [3.05, 3.63) is 22.0 Å². The second kappa shape index (κ2) is 8.76. The topological polar surface area (TPSA) is 126 Å². The molecule has 2 aromatic heterocycles. The van der Waals surface area contributed by atoms with E-state index in [1.807, 2.05) is 11.5 Å². The van der Waals surface area contributed by atoms with Gasteiger partial charge in [0.05, 0.1) is 5.92 Å². The van der Waals surface area contributed by atoms with Gasteiger partial charge >= 0.3 is 0 Å². The van der Waals surface area contributed by atoms with Crippen LogP contribution < -0.4 is 5.32 Å². The molecular formula is C17H26N6O4S2. The van der Waals surface area contributed by atoms with E-state index in [4.69, 9.17) is 16.7 Å². The number of sulfonamides is 1. The van der Waals surface area contributed by atoms with Crippen molar-refractivity contribution in [2.45, 2.75) is 51.5 Å². The quantitative estimate of drug-likeness (QED) is 0.619. The predicted octanol–water partition coefficient (Wildman–Crippen LogP) is 1.33. The number of piperidine rings is 1. The van der Waals surface area contributed by atoms with Crippen LogP contribution in [0.15, 0.2) is 9.42 Å². The molecule has 2 N–H and O–H groups in total. The summed E-state index contributed by atoms with van der Waals surface area (Å²) in [6.07, 6.45) is 1.81. The molecule has 3 rings (SSSR count). The van der Waals surface area contributed by atoms with Gasteiger partial charge in [-0.15, -0.1) is 0 Å². The summed E-state index contributed by atoms with van der Waals surface area (Å²) in [4.78, 5) is 12.7. The number of aryl methyl sites for hydroxylation is 2. The van der Waals surface area contributed by atoms with E-state index in [1.165, 1.54) is 4.31 Å². The number of carbonyl (C=O) groups is 1. The molecule has 1 atom stereocenters. The van der Waals surface area contributed by atoms with Crippen LogP contribution in [0.1, 0.15) is 37.0 Å². The van der Waals surface area contributed by atoms with Gasteiger partial charge in [-0.1, -0.05) is 5.16 Å². The molecule has 1 aliphatic rings. The van der Waals surface area contributed by atoms with Crippen LogP contribution in [0.5, 0.6) is 0 Å². The molecule has 3 heterocycles. The molecule has 29 heavy (non-hydrogen) atoms. The Morgan fingerprint density at radius 1 is 1.41 bits per heavy atom. The average Bonchev–Trinajstić information content (AvgIpc) is 3.23. The summed E-state index contributed by atoms with van der Waals surface area (Å²) in [6, 6.07) is 0. The van der Waals surface area contributed by atoms with Crippen molar-refractivity contribution in [2.75, 3.05) is 19.6 Å². The van der Waals surface area contributed by atoms with Gasteiger partial charge in [-0.05, 0) is 45.8 Å². The standard InChI is InChI=1S/C17H26N6O4S2/c1-4-23-14(19-20-17(23)28)7-8-18-16(24)13-6-5-9-22(10-13)29(25,26)15-11(2)21-27-12(15)3/h13H,4-10H2,1-3H3,(H,18,24)(H,20,28). The lowest BCUT2D eigenvalue weighted by Crippen LogP contribution is -2.45. The van der Waals surface area contributed by atoms with E-state index < -0.39 is 15.9 Å². The fourth-order valence-corrected chi connectivity index (χ4v) is 5.75. The van der Waals surface area contributed by atoms with Crippen molar-refractivity contribution in [2.24, 2.45) is 5.92 Å². The maximum atomic E-state index is 13.0. The van der Waals surface area contributed by atoms with Gasteiger partial charge < -0.3 is 14.4 Å². The first-order valence-corrected chi connectivity index (χ1v) is 11.4. The number of nitrogens with zero attached hydrogens (tertiary/aromatic N) is 4. The number of amides is 1. The second-order valence-corrected chi connectivity index (χ2v) is 9.35. The minimum absolute atomic E-state index is 0.0981. The van der Waals surface area contributed by atoms with Crippen LogP contribution in [-0.2, 0) is 27.8 Å². The number of carbonyl (C=O) groups excluding carboxylic acids is 1. The van der Waals surface area contributed by atoms with E-state index in [-0.39, 0.29) is 23.1 Å². The minimum Gasteiger partial charge on any atom is -0.360 e. The summed E-state index contributed by atoms with van der Waals surface area (Å²) in [5, 5.41) is 13.6. The Morgan fingerprint density at radius 2 is 2.17 bits per heavy atom. The highest BCUT2D eigenvalue weighted by Crippen LogP contribution is 2.27. The van der Waals surface area contributed by atoms with Gasteiger partial charge in [0, 0.05) is 32.6 Å². The third-order valence-corrected chi connectivity index (χ3v) is 7.54. The fourth-order valence-electron chi connectivity index (χ4n) is 3.66. The lowest BCUT2D eigenvalue weighted by atomic mass is 9.99. The van der Waals surface area contributed by atoms with E-state index in [9.17, 15) is 13.2 Å². The van der Waals surface area contributed by atoms with Crippen molar-refractivity contribution >= 4 is 28.1 Å². The molecule has 0 aliphatic carbocycles. The molecule has 0 spiro atoms. The number of hydrogen-bond acceptors (Lipinski definition) is 7. The number of hydrogen-bond donors (Lipinski definition) is 2. The molecule has 1 aliphatic heterocycles. The molecule has 10 nitrogen and oxygen atoms in total. The van der Waals surface area contributed by atoms with E-state index >= 15 is 0 Å². The summed E-state index contributed by atoms with van der Waals surface area (Å²) >= 11 is 5.16. The zero-order valence-electron chi connectivity index (χ0n) is 16.8. The fraction of sp³-hybridized carbons (Fsp3) is 0.647. The molecule has 1 fully saturated rings. The summed E-state index contributed by atoms with van der Waals surface area (Å²) < 4.78 is 34.8. The van der Waals surface area contributed by atoms with Crippen LogP contribution in [0, 0.1) is 24.5 Å². The van der Waals surface area contributed by atoms with Crippen LogP contribution in [0.4, 0.5) is 0 Å². The Balaban J connectivity index is 1.61. The molecule has 0 bridgehead atoms. The molecular weight excluding hydrogens is 416 g/mol. The Kier molecular flexibility index (Phi) is 6.54. The number of H-pyrrole nitrogens is 1. The van der Waals surface area contributed by atoms with E-state index in [0.717, 1.165) is 5.82 Å². The van der Waals surface area contributed by atoms with E-state index in [2.05, 4.69) is 20.7 Å². The third kappa shape index (κ3) is 4.43. The van der Waals surface area contributed by atoms with Crippen LogP contribution in [0.3, 0.4) is 0 Å². The molecule has 160 valence electrons. The van der Waals surface area contributed by atoms with Crippen LogP contribution >= 0.6 is 12.2 Å². The average molecular weight is 443 g/mol. The Bertz CT molecular complexity index is 1020. The summed E-state index contributed by atoms with van der Waals surface area (Å²) in [7, 11) is -3.75. The van der Waals surface area contributed by atoms with Crippen LogP contribution in [0.25, 0.3) is 0 Å². The molecule has 0 saturated carbocycles. The van der Waals surface area contributed by atoms with Gasteiger partial charge in [0.15, 0.2) is 10.5 Å². The molecule has 1 unspecified atom stereocenters. The number of aromatic amines is 1. The zero-order valence-corrected chi connectivity index (χ0v) is 18.4. The zero-order chi connectivity index (χ0) is 21.2. The summed E-state index contributed by atoms with van der Waals surface area (Å²) in [5.41, 5.74) is 0.332. The first-order valence-electron chi connectivity index (χ1n) is 9.60. The van der Waals surface area contributed by atoms with Crippen molar-refractivity contribution in [1.29, 1.82) is 0 Å². The first kappa shape index (κ1) is 21.7. The highest BCUT2D eigenvalue weighted by atomic mass is 32.2. The number of aromatic nitrogens is 4. The highest BCUT2D eigenvalue weighted by Gasteiger charge is 2.36. The first-order chi connectivity index (χ1) is 13.8. The van der Waals surface area contributed by atoms with Crippen molar-refractivity contribution in [3.8, 4) is 0 Å². The smallest absolute Gasteiger partial charge is 0.248 e.